The molecule has 1 saturated heterocycles. The van der Waals surface area contributed by atoms with Gasteiger partial charge in [-0.25, -0.2) is 0 Å². The van der Waals surface area contributed by atoms with Crippen LogP contribution in [0.25, 0.3) is 0 Å². The molecule has 2 atom stereocenters. The van der Waals surface area contributed by atoms with Crippen molar-refractivity contribution >= 4 is 19.0 Å². The number of morpholine rings is 1. The predicted octanol–water partition coefficient (Wildman–Crippen LogP) is -1.54. The Kier molecular flexibility index (Phi) is 3.09. The highest BCUT2D eigenvalue weighted by atomic mass is 29.1. The molecule has 2 unspecified atom stereocenters. The Labute approximate surface area is 68.0 Å². The third-order valence-corrected chi connectivity index (χ3v) is 6.04. The summed E-state index contributed by atoms with van der Waals surface area (Å²) in [5.41, 5.74) is 0. The monoisotopic (exact) mass is 175 g/mol. The van der Waals surface area contributed by atoms with Crippen molar-refractivity contribution in [3.05, 3.63) is 0 Å². The van der Waals surface area contributed by atoms with Crippen LogP contribution in [-0.4, -0.2) is 48.8 Å². The smallest absolute Gasteiger partial charge is 0.0759 e. The fraction of sp³-hybridized carbons (Fsp3) is 1.00. The summed E-state index contributed by atoms with van der Waals surface area (Å²) >= 11 is 0. The van der Waals surface area contributed by atoms with E-state index in [0.29, 0.717) is 12.2 Å². The van der Waals surface area contributed by atoms with Crippen LogP contribution in [0.3, 0.4) is 0 Å². The maximum atomic E-state index is 5.61. The Morgan fingerprint density at radius 2 is 1.90 bits per heavy atom. The first-order valence-electron chi connectivity index (χ1n) is 4.10. The van der Waals surface area contributed by atoms with E-state index in [1.165, 1.54) is 22.8 Å². The van der Waals surface area contributed by atoms with Crippen molar-refractivity contribution in [2.75, 3.05) is 13.1 Å². The van der Waals surface area contributed by atoms with E-state index in [4.69, 9.17) is 4.74 Å². The van der Waals surface area contributed by atoms with Gasteiger partial charge < -0.3 is 9.30 Å². The zero-order chi connectivity index (χ0) is 7.56. The minimum Gasteiger partial charge on any atom is -0.373 e. The Morgan fingerprint density at radius 1 is 1.40 bits per heavy atom. The van der Waals surface area contributed by atoms with Crippen LogP contribution in [-0.2, 0) is 4.74 Å². The minimum atomic E-state index is 0.197. The van der Waals surface area contributed by atoms with E-state index in [1.807, 2.05) is 0 Å². The van der Waals surface area contributed by atoms with E-state index >= 15 is 0 Å². The number of rotatable bonds is 1. The van der Waals surface area contributed by atoms with Gasteiger partial charge in [0.1, 0.15) is 0 Å². The Balaban J connectivity index is 2.35. The molecular formula is C6H17NOSi2. The van der Waals surface area contributed by atoms with Crippen molar-refractivity contribution in [3.63, 3.8) is 0 Å². The second-order valence-electron chi connectivity index (χ2n) is 3.11. The van der Waals surface area contributed by atoms with Crippen LogP contribution in [0.1, 0.15) is 13.8 Å². The molecule has 2 nitrogen and oxygen atoms in total. The molecule has 0 bridgehead atoms. The van der Waals surface area contributed by atoms with Gasteiger partial charge in [-0.2, -0.15) is 0 Å². The molecular weight excluding hydrogens is 158 g/mol. The highest BCUT2D eigenvalue weighted by Crippen LogP contribution is 2.08. The predicted molar refractivity (Wildman–Crippen MR) is 50.1 cm³/mol. The molecule has 0 aromatic carbocycles. The Bertz CT molecular complexity index is 102. The highest BCUT2D eigenvalue weighted by molar-refractivity contribution is 6.87. The van der Waals surface area contributed by atoms with E-state index in [1.54, 1.807) is 0 Å². The summed E-state index contributed by atoms with van der Waals surface area (Å²) in [6.45, 7) is 6.74. The molecule has 1 aliphatic heterocycles. The van der Waals surface area contributed by atoms with Gasteiger partial charge in [0.25, 0.3) is 0 Å². The van der Waals surface area contributed by atoms with E-state index in [2.05, 4.69) is 18.4 Å². The molecule has 1 fully saturated rings. The van der Waals surface area contributed by atoms with Gasteiger partial charge in [-0.15, -0.1) is 0 Å². The van der Waals surface area contributed by atoms with Gasteiger partial charge in [-0.05, 0) is 13.8 Å². The number of nitrogens with zero attached hydrogens (tertiary/aromatic N) is 1. The summed E-state index contributed by atoms with van der Waals surface area (Å²) in [6.07, 6.45) is 0.954. The van der Waals surface area contributed by atoms with Gasteiger partial charge >= 0.3 is 0 Å². The lowest BCUT2D eigenvalue weighted by atomic mass is 10.3. The maximum absolute atomic E-state index is 5.61. The Hall–Kier alpha value is 0.354. The van der Waals surface area contributed by atoms with Crippen molar-refractivity contribution in [2.45, 2.75) is 26.1 Å². The highest BCUT2D eigenvalue weighted by Gasteiger charge is 2.19. The zero-order valence-corrected chi connectivity index (χ0v) is 10.5. The number of hydrogen-bond acceptors (Lipinski definition) is 2. The minimum absolute atomic E-state index is 0.197. The third-order valence-electron chi connectivity index (χ3n) is 1.94. The lowest BCUT2D eigenvalue weighted by Gasteiger charge is -2.34. The molecule has 0 saturated carbocycles. The zero-order valence-electron chi connectivity index (χ0n) is 7.13. The standard InChI is InChI=1S/C6H17NOSi2/c1-5-3-7(10-9)4-6(2)8-5/h5-6H,3-4,10H2,1-2,9H3. The largest absolute Gasteiger partial charge is 0.373 e. The Morgan fingerprint density at radius 3 is 2.30 bits per heavy atom. The molecule has 4 heteroatoms. The third kappa shape index (κ3) is 2.19. The van der Waals surface area contributed by atoms with Crippen LogP contribution < -0.4 is 0 Å². The molecule has 0 aromatic rings. The van der Waals surface area contributed by atoms with Crippen molar-refractivity contribution in [1.82, 2.24) is 4.57 Å². The van der Waals surface area contributed by atoms with Gasteiger partial charge in [-0.1, -0.05) is 0 Å². The summed E-state index contributed by atoms with van der Waals surface area (Å²) in [5, 5.41) is 0. The number of ether oxygens (including phenoxy) is 1. The van der Waals surface area contributed by atoms with Crippen molar-refractivity contribution < 1.29 is 4.74 Å². The SMILES string of the molecule is CC1CN([SiH2][SiH3])CC(C)O1. The molecule has 1 aliphatic rings. The van der Waals surface area contributed by atoms with Crippen LogP contribution >= 0.6 is 0 Å². The van der Waals surface area contributed by atoms with Crippen molar-refractivity contribution in [3.8, 4) is 0 Å². The van der Waals surface area contributed by atoms with E-state index in [0.717, 1.165) is 0 Å². The summed E-state index contributed by atoms with van der Waals surface area (Å²) in [5.74, 6) is 0. The van der Waals surface area contributed by atoms with E-state index < -0.39 is 0 Å². The van der Waals surface area contributed by atoms with Crippen LogP contribution in [0.4, 0.5) is 0 Å². The molecule has 0 aliphatic carbocycles. The van der Waals surface area contributed by atoms with Crippen molar-refractivity contribution in [1.29, 1.82) is 0 Å². The van der Waals surface area contributed by atoms with E-state index in [-0.39, 0.29) is 9.20 Å². The first-order valence-corrected chi connectivity index (χ1v) is 10.4. The normalized spacial score (nSPS) is 37.8. The molecule has 0 radical (unpaired) electrons. The molecule has 0 spiro atoms. The summed E-state index contributed by atoms with van der Waals surface area (Å²) < 4.78 is 8.24. The molecule has 10 heavy (non-hydrogen) atoms. The van der Waals surface area contributed by atoms with Crippen LogP contribution in [0.5, 0.6) is 0 Å². The van der Waals surface area contributed by atoms with Gasteiger partial charge in [0.05, 0.1) is 21.4 Å². The van der Waals surface area contributed by atoms with Gasteiger partial charge in [0.2, 0.25) is 0 Å². The second kappa shape index (κ2) is 3.66. The van der Waals surface area contributed by atoms with Gasteiger partial charge in [0, 0.05) is 22.8 Å². The van der Waals surface area contributed by atoms with Crippen LogP contribution in [0.15, 0.2) is 0 Å². The first kappa shape index (κ1) is 8.45. The first-order chi connectivity index (χ1) is 4.72. The van der Waals surface area contributed by atoms with Gasteiger partial charge in [-0.3, -0.25) is 0 Å². The molecule has 60 valence electrons. The van der Waals surface area contributed by atoms with Gasteiger partial charge in [0.15, 0.2) is 0 Å². The topological polar surface area (TPSA) is 12.5 Å². The molecule has 0 amide bonds. The van der Waals surface area contributed by atoms with Crippen LogP contribution in [0, 0.1) is 0 Å². The fourth-order valence-electron chi connectivity index (χ4n) is 1.54. The maximum Gasteiger partial charge on any atom is 0.0759 e. The quantitative estimate of drug-likeness (QED) is 0.448. The molecule has 0 N–H and O–H groups in total. The average Bonchev–Trinajstić information content (AvgIpc) is 1.85. The summed E-state index contributed by atoms with van der Waals surface area (Å²) in [4.78, 5) is 0. The van der Waals surface area contributed by atoms with Crippen molar-refractivity contribution in [2.24, 2.45) is 0 Å². The summed E-state index contributed by atoms with van der Waals surface area (Å²) in [7, 11) is 1.62. The molecule has 1 rings (SSSR count). The lowest BCUT2D eigenvalue weighted by Crippen LogP contribution is -2.47. The summed E-state index contributed by atoms with van der Waals surface area (Å²) in [6, 6.07) is 0. The second-order valence-corrected chi connectivity index (χ2v) is 6.53. The lowest BCUT2D eigenvalue weighted by molar-refractivity contribution is -0.0443. The fourth-order valence-corrected chi connectivity index (χ4v) is 4.34. The molecule has 0 aromatic heterocycles. The molecule has 1 heterocycles. The number of hydrogen-bond donors (Lipinski definition) is 0. The average molecular weight is 175 g/mol. The van der Waals surface area contributed by atoms with E-state index in [9.17, 15) is 0 Å². The van der Waals surface area contributed by atoms with Crippen LogP contribution in [0.2, 0.25) is 0 Å².